The second kappa shape index (κ2) is 8.00. The number of furan rings is 1. The van der Waals surface area contributed by atoms with Crippen LogP contribution in [0.1, 0.15) is 23.4 Å². The lowest BCUT2D eigenvalue weighted by atomic mass is 10.2. The van der Waals surface area contributed by atoms with Gasteiger partial charge in [0.25, 0.3) is 5.91 Å². The van der Waals surface area contributed by atoms with Crippen LogP contribution in [0.3, 0.4) is 0 Å². The third-order valence-corrected chi connectivity index (χ3v) is 4.76. The summed E-state index contributed by atoms with van der Waals surface area (Å²) < 4.78 is 5.19. The summed E-state index contributed by atoms with van der Waals surface area (Å²) in [7, 11) is 0. The molecule has 1 atom stereocenters. The molecule has 0 radical (unpaired) electrons. The van der Waals surface area contributed by atoms with Gasteiger partial charge < -0.3 is 20.0 Å². The van der Waals surface area contributed by atoms with Crippen LogP contribution in [-0.4, -0.2) is 29.3 Å². The van der Waals surface area contributed by atoms with Crippen molar-refractivity contribution in [3.05, 3.63) is 78.8 Å². The van der Waals surface area contributed by atoms with E-state index in [9.17, 15) is 9.59 Å². The van der Waals surface area contributed by atoms with Crippen LogP contribution in [0.15, 0.2) is 77.4 Å². The highest BCUT2D eigenvalue weighted by Crippen LogP contribution is 2.23. The molecule has 1 aliphatic heterocycles. The number of rotatable bonds is 5. The molecule has 6 heteroatoms. The minimum absolute atomic E-state index is 0.179. The van der Waals surface area contributed by atoms with Crippen molar-refractivity contribution in [1.29, 1.82) is 0 Å². The van der Waals surface area contributed by atoms with Gasteiger partial charge in [-0.15, -0.1) is 0 Å². The Hall–Kier alpha value is -3.54. The summed E-state index contributed by atoms with van der Waals surface area (Å²) in [6.07, 6.45) is 2.90. The van der Waals surface area contributed by atoms with Gasteiger partial charge in [0.05, 0.1) is 6.26 Å². The minimum Gasteiger partial charge on any atom is -0.459 e. The van der Waals surface area contributed by atoms with E-state index in [1.807, 2.05) is 54.6 Å². The van der Waals surface area contributed by atoms with E-state index in [2.05, 4.69) is 10.6 Å². The van der Waals surface area contributed by atoms with Crippen molar-refractivity contribution >= 4 is 28.9 Å². The first kappa shape index (κ1) is 17.9. The Balaban J connectivity index is 1.39. The Morgan fingerprint density at radius 2 is 1.61 bits per heavy atom. The number of amides is 2. The van der Waals surface area contributed by atoms with Crippen LogP contribution in [0.4, 0.5) is 17.1 Å². The van der Waals surface area contributed by atoms with E-state index >= 15 is 0 Å². The number of hydrogen-bond acceptors (Lipinski definition) is 4. The summed E-state index contributed by atoms with van der Waals surface area (Å²) in [5.74, 6) is -0.165. The van der Waals surface area contributed by atoms with Gasteiger partial charge in [0.2, 0.25) is 5.91 Å². The Morgan fingerprint density at radius 3 is 2.32 bits per heavy atom. The number of anilines is 3. The van der Waals surface area contributed by atoms with Gasteiger partial charge in [-0.25, -0.2) is 0 Å². The molecular weight excluding hydrogens is 354 g/mol. The van der Waals surface area contributed by atoms with E-state index < -0.39 is 6.04 Å². The number of para-hydroxylation sites is 1. The van der Waals surface area contributed by atoms with Crippen molar-refractivity contribution in [3.63, 3.8) is 0 Å². The number of carbonyl (C=O) groups is 2. The van der Waals surface area contributed by atoms with Crippen LogP contribution in [0, 0.1) is 0 Å². The number of carbonyl (C=O) groups excluding carboxylic acids is 2. The van der Waals surface area contributed by atoms with Gasteiger partial charge in [-0.2, -0.15) is 0 Å². The lowest BCUT2D eigenvalue weighted by molar-refractivity contribution is -0.119. The fraction of sp³-hybridized carbons (Fsp3) is 0.182. The molecular formula is C22H21N3O3. The molecule has 2 heterocycles. The number of nitrogens with one attached hydrogen (secondary N) is 2. The van der Waals surface area contributed by atoms with Gasteiger partial charge in [0, 0.05) is 23.6 Å². The van der Waals surface area contributed by atoms with Crippen LogP contribution < -0.4 is 10.6 Å². The van der Waals surface area contributed by atoms with Crippen molar-refractivity contribution in [2.24, 2.45) is 0 Å². The molecule has 0 bridgehead atoms. The molecule has 4 rings (SSSR count). The zero-order valence-electron chi connectivity index (χ0n) is 15.3. The topological polar surface area (TPSA) is 74.6 Å². The van der Waals surface area contributed by atoms with Gasteiger partial charge in [-0.3, -0.25) is 9.59 Å². The second-order valence-corrected chi connectivity index (χ2v) is 6.69. The summed E-state index contributed by atoms with van der Waals surface area (Å²) in [5.41, 5.74) is 2.62. The normalized spacial score (nSPS) is 16.0. The lowest BCUT2D eigenvalue weighted by Gasteiger charge is -2.23. The summed E-state index contributed by atoms with van der Waals surface area (Å²) >= 11 is 0. The molecule has 2 N–H and O–H groups in total. The first-order valence-electron chi connectivity index (χ1n) is 9.28. The monoisotopic (exact) mass is 375 g/mol. The molecule has 28 heavy (non-hydrogen) atoms. The molecule has 2 aromatic carbocycles. The number of hydrogen-bond donors (Lipinski definition) is 2. The van der Waals surface area contributed by atoms with Gasteiger partial charge in [-0.05, 0) is 61.4 Å². The second-order valence-electron chi connectivity index (χ2n) is 6.69. The van der Waals surface area contributed by atoms with E-state index in [-0.39, 0.29) is 17.6 Å². The highest BCUT2D eigenvalue weighted by atomic mass is 16.3. The molecule has 0 spiro atoms. The van der Waals surface area contributed by atoms with Crippen molar-refractivity contribution < 1.29 is 14.0 Å². The van der Waals surface area contributed by atoms with Gasteiger partial charge in [-0.1, -0.05) is 18.2 Å². The van der Waals surface area contributed by atoms with Crippen LogP contribution in [0.5, 0.6) is 0 Å². The third-order valence-electron chi connectivity index (χ3n) is 4.76. The van der Waals surface area contributed by atoms with Crippen molar-refractivity contribution in [3.8, 4) is 0 Å². The zero-order chi connectivity index (χ0) is 19.3. The zero-order valence-corrected chi connectivity index (χ0v) is 15.3. The van der Waals surface area contributed by atoms with Crippen molar-refractivity contribution in [2.45, 2.75) is 18.9 Å². The molecule has 1 saturated heterocycles. The van der Waals surface area contributed by atoms with E-state index in [1.54, 1.807) is 17.0 Å². The molecule has 2 amide bonds. The molecule has 3 aromatic rings. The van der Waals surface area contributed by atoms with Crippen molar-refractivity contribution in [1.82, 2.24) is 4.90 Å². The van der Waals surface area contributed by atoms with E-state index in [0.717, 1.165) is 17.8 Å². The molecule has 1 aromatic heterocycles. The van der Waals surface area contributed by atoms with Gasteiger partial charge in [0.15, 0.2) is 5.76 Å². The summed E-state index contributed by atoms with van der Waals surface area (Å²) in [5, 5.41) is 6.22. The molecule has 1 fully saturated rings. The largest absolute Gasteiger partial charge is 0.459 e. The number of nitrogens with zero attached hydrogens (tertiary/aromatic N) is 1. The number of likely N-dealkylation sites (tertiary alicyclic amines) is 1. The van der Waals surface area contributed by atoms with Crippen LogP contribution >= 0.6 is 0 Å². The highest BCUT2D eigenvalue weighted by molar-refractivity contribution is 6.00. The Kier molecular flexibility index (Phi) is 5.10. The SMILES string of the molecule is O=C(Nc1ccc(Nc2ccccc2)cc1)[C@H]1CCCN1C(=O)c1ccco1. The highest BCUT2D eigenvalue weighted by Gasteiger charge is 2.35. The van der Waals surface area contributed by atoms with Crippen LogP contribution in [-0.2, 0) is 4.79 Å². The average molecular weight is 375 g/mol. The number of benzene rings is 2. The predicted octanol–water partition coefficient (Wildman–Crippen LogP) is 4.27. The van der Waals surface area contributed by atoms with E-state index in [4.69, 9.17) is 4.42 Å². The quantitative estimate of drug-likeness (QED) is 0.698. The molecule has 0 aliphatic carbocycles. The average Bonchev–Trinajstić information content (AvgIpc) is 3.42. The Bertz CT molecular complexity index is 937. The molecule has 1 aliphatic rings. The molecule has 0 saturated carbocycles. The van der Waals surface area contributed by atoms with E-state index in [0.29, 0.717) is 18.7 Å². The summed E-state index contributed by atoms with van der Waals surface area (Å²) in [4.78, 5) is 26.8. The first-order valence-corrected chi connectivity index (χ1v) is 9.28. The van der Waals surface area contributed by atoms with Gasteiger partial charge in [0.1, 0.15) is 6.04 Å². The Morgan fingerprint density at radius 1 is 0.893 bits per heavy atom. The summed E-state index contributed by atoms with van der Waals surface area (Å²) in [6, 6.07) is 20.2. The van der Waals surface area contributed by atoms with E-state index in [1.165, 1.54) is 6.26 Å². The maximum atomic E-state index is 12.7. The predicted molar refractivity (Wildman–Crippen MR) is 108 cm³/mol. The van der Waals surface area contributed by atoms with Crippen molar-refractivity contribution in [2.75, 3.05) is 17.2 Å². The van der Waals surface area contributed by atoms with Gasteiger partial charge >= 0.3 is 0 Å². The molecule has 6 nitrogen and oxygen atoms in total. The summed E-state index contributed by atoms with van der Waals surface area (Å²) in [6.45, 7) is 0.553. The maximum Gasteiger partial charge on any atom is 0.290 e. The standard InChI is InChI=1S/C22H21N3O3/c26-21(19-8-4-14-25(19)22(27)20-9-5-15-28-20)24-18-12-10-17(11-13-18)23-16-6-2-1-3-7-16/h1-3,5-7,9-13,15,19,23H,4,8,14H2,(H,24,26)/t19-/m1/s1. The van der Waals surface area contributed by atoms with Crippen LogP contribution in [0.2, 0.25) is 0 Å². The smallest absolute Gasteiger partial charge is 0.290 e. The Labute approximate surface area is 163 Å². The third kappa shape index (κ3) is 3.91. The minimum atomic E-state index is -0.486. The fourth-order valence-electron chi connectivity index (χ4n) is 3.37. The molecule has 0 unspecified atom stereocenters. The molecule has 142 valence electrons. The maximum absolute atomic E-state index is 12.7. The first-order chi connectivity index (χ1) is 13.7. The lowest BCUT2D eigenvalue weighted by Crippen LogP contribution is -2.43. The van der Waals surface area contributed by atoms with Crippen LogP contribution in [0.25, 0.3) is 0 Å². The fourth-order valence-corrected chi connectivity index (χ4v) is 3.37.